The van der Waals surface area contributed by atoms with Crippen molar-refractivity contribution in [1.82, 2.24) is 0 Å². The number of carbonyl (C=O) groups excluding carboxylic acids is 2. The standard InChI is InChI=1S/C66H127NO8/c1-6-8-10-12-14-16-17-18-19-20-21-22-23-24-25-26-27-28-29-30-31-32-33-34-35-36-37-38-39-40-41-42-43-44-45-46-47-49-51-53-55-57-64(69)75-62(61-74-66(65(70)71)72-59-58-67(3,4)5)60-73-63(68)56-54-52-50-48-15-13-11-9-7-2/h20-21,62,66H,6-19,22-61H2,1-5H3/p+1/b21-20-. The molecule has 0 aromatic rings. The maximum atomic E-state index is 12.8. The van der Waals surface area contributed by atoms with Crippen molar-refractivity contribution in [3.63, 3.8) is 0 Å². The summed E-state index contributed by atoms with van der Waals surface area (Å²) < 4.78 is 22.8. The predicted octanol–water partition coefficient (Wildman–Crippen LogP) is 19.7. The molecule has 0 amide bonds. The van der Waals surface area contributed by atoms with Crippen LogP contribution in [0.2, 0.25) is 0 Å². The summed E-state index contributed by atoms with van der Waals surface area (Å²) in [6.45, 7) is 4.90. The van der Waals surface area contributed by atoms with E-state index in [4.69, 9.17) is 18.9 Å². The molecule has 9 heteroatoms. The van der Waals surface area contributed by atoms with Gasteiger partial charge in [0.2, 0.25) is 0 Å². The Kier molecular flexibility index (Phi) is 56.7. The van der Waals surface area contributed by atoms with Gasteiger partial charge in [0.1, 0.15) is 13.2 Å². The Morgan fingerprint density at radius 1 is 0.387 bits per heavy atom. The van der Waals surface area contributed by atoms with Crippen LogP contribution in [0.15, 0.2) is 12.2 Å². The number of carboxylic acids is 1. The highest BCUT2D eigenvalue weighted by molar-refractivity contribution is 5.71. The molecule has 1 N–H and O–H groups in total. The number of allylic oxidation sites excluding steroid dienone is 2. The number of rotatable bonds is 62. The lowest BCUT2D eigenvalue weighted by Crippen LogP contribution is -2.40. The summed E-state index contributed by atoms with van der Waals surface area (Å²) in [7, 11) is 5.97. The van der Waals surface area contributed by atoms with E-state index < -0.39 is 18.4 Å². The van der Waals surface area contributed by atoms with Crippen LogP contribution in [0.5, 0.6) is 0 Å². The zero-order chi connectivity index (χ0) is 54.8. The smallest absolute Gasteiger partial charge is 0.361 e. The Hall–Kier alpha value is -1.97. The molecular weight excluding hydrogens is 935 g/mol. The van der Waals surface area contributed by atoms with Crippen molar-refractivity contribution in [3.05, 3.63) is 12.2 Å². The molecule has 2 unspecified atom stereocenters. The normalized spacial score (nSPS) is 12.7. The van der Waals surface area contributed by atoms with E-state index >= 15 is 0 Å². The van der Waals surface area contributed by atoms with E-state index in [0.29, 0.717) is 17.4 Å². The summed E-state index contributed by atoms with van der Waals surface area (Å²) >= 11 is 0. The molecule has 0 radical (unpaired) electrons. The van der Waals surface area contributed by atoms with Crippen LogP contribution in [0.1, 0.15) is 335 Å². The molecule has 0 aliphatic rings. The molecule has 75 heavy (non-hydrogen) atoms. The van der Waals surface area contributed by atoms with Gasteiger partial charge in [0.25, 0.3) is 6.29 Å². The fourth-order valence-electron chi connectivity index (χ4n) is 9.95. The number of ether oxygens (including phenoxy) is 4. The van der Waals surface area contributed by atoms with Gasteiger partial charge in [0.15, 0.2) is 6.10 Å². The van der Waals surface area contributed by atoms with Gasteiger partial charge in [0, 0.05) is 12.8 Å². The van der Waals surface area contributed by atoms with E-state index in [1.165, 1.54) is 270 Å². The van der Waals surface area contributed by atoms with Crippen LogP contribution in [-0.4, -0.2) is 87.4 Å². The van der Waals surface area contributed by atoms with Gasteiger partial charge in [-0.3, -0.25) is 9.59 Å². The van der Waals surface area contributed by atoms with Gasteiger partial charge in [-0.15, -0.1) is 0 Å². The van der Waals surface area contributed by atoms with Crippen molar-refractivity contribution < 1.29 is 42.9 Å². The molecular formula is C66H128NO8+. The molecule has 0 aliphatic carbocycles. The number of hydrogen-bond donors (Lipinski definition) is 1. The van der Waals surface area contributed by atoms with Gasteiger partial charge in [-0.2, -0.15) is 0 Å². The largest absolute Gasteiger partial charge is 0.477 e. The lowest BCUT2D eigenvalue weighted by Gasteiger charge is -2.25. The maximum absolute atomic E-state index is 12.8. The van der Waals surface area contributed by atoms with Crippen LogP contribution in [-0.2, 0) is 33.3 Å². The molecule has 0 aromatic carbocycles. The van der Waals surface area contributed by atoms with Crippen molar-refractivity contribution in [1.29, 1.82) is 0 Å². The molecule has 444 valence electrons. The lowest BCUT2D eigenvalue weighted by molar-refractivity contribution is -0.870. The molecule has 0 fully saturated rings. The molecule has 0 aromatic heterocycles. The first-order valence-corrected chi connectivity index (χ1v) is 32.9. The van der Waals surface area contributed by atoms with Crippen molar-refractivity contribution in [3.8, 4) is 0 Å². The Balaban J connectivity index is 3.79. The number of aliphatic carboxylic acids is 1. The first-order valence-electron chi connectivity index (χ1n) is 32.9. The fraction of sp³-hybridized carbons (Fsp3) is 0.924. The van der Waals surface area contributed by atoms with Crippen LogP contribution in [0.4, 0.5) is 0 Å². The quantitative estimate of drug-likeness (QED) is 0.0211. The van der Waals surface area contributed by atoms with Crippen LogP contribution < -0.4 is 0 Å². The number of carbonyl (C=O) groups is 3. The van der Waals surface area contributed by atoms with E-state index in [1.54, 1.807) is 0 Å². The molecule has 0 aliphatic heterocycles. The first-order chi connectivity index (χ1) is 36.6. The Morgan fingerprint density at radius 3 is 0.987 bits per heavy atom. The average molecular weight is 1060 g/mol. The van der Waals surface area contributed by atoms with Gasteiger partial charge in [0.05, 0.1) is 34.4 Å². The SMILES string of the molecule is CCCCCCCCCC/C=C\CCCCCCCCCCCCCCCCCCCCCCCCCCCCCCCC(=O)OC(COC(=O)CCCCCCCCCCC)COC(OCC[N+](C)(C)C)C(=O)O. The molecule has 0 saturated heterocycles. The van der Waals surface area contributed by atoms with Gasteiger partial charge in [-0.1, -0.05) is 296 Å². The van der Waals surface area contributed by atoms with Gasteiger partial charge < -0.3 is 28.5 Å². The molecule has 0 heterocycles. The average Bonchev–Trinajstić information content (AvgIpc) is 3.38. The van der Waals surface area contributed by atoms with Crippen molar-refractivity contribution in [2.75, 3.05) is 47.5 Å². The summed E-state index contributed by atoms with van der Waals surface area (Å²) in [6.07, 6.45) is 66.6. The third-order valence-corrected chi connectivity index (χ3v) is 15.0. The minimum absolute atomic E-state index is 0.174. The Morgan fingerprint density at radius 2 is 0.680 bits per heavy atom. The number of nitrogens with zero attached hydrogens (tertiary/aromatic N) is 1. The highest BCUT2D eigenvalue weighted by atomic mass is 16.7. The van der Waals surface area contributed by atoms with E-state index in [0.717, 1.165) is 38.5 Å². The number of quaternary nitrogens is 1. The minimum atomic E-state index is -1.50. The monoisotopic (exact) mass is 1060 g/mol. The molecule has 2 atom stereocenters. The second-order valence-electron chi connectivity index (χ2n) is 23.8. The summed E-state index contributed by atoms with van der Waals surface area (Å²) in [5, 5.41) is 9.67. The topological polar surface area (TPSA) is 108 Å². The van der Waals surface area contributed by atoms with Gasteiger partial charge in [-0.05, 0) is 38.5 Å². The molecule has 0 saturated carbocycles. The number of hydrogen-bond acceptors (Lipinski definition) is 7. The van der Waals surface area contributed by atoms with Crippen molar-refractivity contribution in [2.45, 2.75) is 347 Å². The predicted molar refractivity (Wildman–Crippen MR) is 318 cm³/mol. The van der Waals surface area contributed by atoms with E-state index in [2.05, 4.69) is 26.0 Å². The number of carboxylic acid groups (broad SMARTS) is 1. The second kappa shape index (κ2) is 58.2. The van der Waals surface area contributed by atoms with Crippen molar-refractivity contribution >= 4 is 17.9 Å². The summed E-state index contributed by atoms with van der Waals surface area (Å²) in [5.41, 5.74) is 0. The number of esters is 2. The van der Waals surface area contributed by atoms with Crippen LogP contribution >= 0.6 is 0 Å². The third-order valence-electron chi connectivity index (χ3n) is 15.0. The summed E-state index contributed by atoms with van der Waals surface area (Å²) in [6, 6.07) is 0. The van der Waals surface area contributed by atoms with Crippen LogP contribution in [0.3, 0.4) is 0 Å². The molecule has 0 spiro atoms. The number of unbranched alkanes of at least 4 members (excludes halogenated alkanes) is 45. The van der Waals surface area contributed by atoms with E-state index in [1.807, 2.05) is 21.1 Å². The van der Waals surface area contributed by atoms with Gasteiger partial charge in [-0.25, -0.2) is 4.79 Å². The molecule has 9 nitrogen and oxygen atoms in total. The fourth-order valence-corrected chi connectivity index (χ4v) is 9.95. The minimum Gasteiger partial charge on any atom is -0.477 e. The van der Waals surface area contributed by atoms with Gasteiger partial charge >= 0.3 is 17.9 Å². The second-order valence-corrected chi connectivity index (χ2v) is 23.8. The summed E-state index contributed by atoms with van der Waals surface area (Å²) in [4.78, 5) is 37.2. The zero-order valence-electron chi connectivity index (χ0n) is 50.7. The first kappa shape index (κ1) is 73.0. The maximum Gasteiger partial charge on any atom is 0.361 e. The highest BCUT2D eigenvalue weighted by Gasteiger charge is 2.25. The van der Waals surface area contributed by atoms with Crippen LogP contribution in [0, 0.1) is 0 Å². The van der Waals surface area contributed by atoms with E-state index in [9.17, 15) is 19.5 Å². The molecule has 0 bridgehead atoms. The molecule has 0 rings (SSSR count). The van der Waals surface area contributed by atoms with Crippen molar-refractivity contribution in [2.24, 2.45) is 0 Å². The number of likely N-dealkylation sites (N-methyl/N-ethyl adjacent to an activating group) is 1. The summed E-state index contributed by atoms with van der Waals surface area (Å²) in [5.74, 6) is -1.98. The Labute approximate surface area is 465 Å². The highest BCUT2D eigenvalue weighted by Crippen LogP contribution is 2.18. The van der Waals surface area contributed by atoms with E-state index in [-0.39, 0.29) is 38.2 Å². The third kappa shape index (κ3) is 59.5. The van der Waals surface area contributed by atoms with Crippen LogP contribution in [0.25, 0.3) is 0 Å². The Bertz CT molecular complexity index is 1240. The zero-order valence-corrected chi connectivity index (χ0v) is 50.7. The lowest BCUT2D eigenvalue weighted by atomic mass is 10.0.